The van der Waals surface area contributed by atoms with E-state index < -0.39 is 18.0 Å². The van der Waals surface area contributed by atoms with Crippen LogP contribution in [-0.2, 0) is 9.53 Å². The Kier molecular flexibility index (Phi) is 6.40. The molecule has 152 valence electrons. The first-order chi connectivity index (χ1) is 13.3. The molecule has 0 aromatic heterocycles. The predicted octanol–water partition coefficient (Wildman–Crippen LogP) is 4.75. The van der Waals surface area contributed by atoms with E-state index in [0.29, 0.717) is 38.5 Å². The Labute approximate surface area is 174 Å². The molecule has 2 aliphatic rings. The summed E-state index contributed by atoms with van der Waals surface area (Å²) >= 11 is 12.4. The zero-order chi connectivity index (χ0) is 20.4. The third-order valence-corrected chi connectivity index (χ3v) is 5.70. The van der Waals surface area contributed by atoms with Crippen LogP contribution in [0.3, 0.4) is 0 Å². The van der Waals surface area contributed by atoms with Gasteiger partial charge in [0.15, 0.2) is 0 Å². The van der Waals surface area contributed by atoms with Gasteiger partial charge in [-0.2, -0.15) is 0 Å². The van der Waals surface area contributed by atoms with Crippen LogP contribution in [0.25, 0.3) is 0 Å². The molecule has 8 heteroatoms. The highest BCUT2D eigenvalue weighted by Crippen LogP contribution is 2.40. The van der Waals surface area contributed by atoms with Crippen molar-refractivity contribution in [3.63, 3.8) is 0 Å². The Morgan fingerprint density at radius 2 is 2.00 bits per heavy atom. The summed E-state index contributed by atoms with van der Waals surface area (Å²) in [6, 6.07) is 1.97. The highest BCUT2D eigenvalue weighted by molar-refractivity contribution is 6.35. The maximum Gasteiger partial charge on any atom is 0.338 e. The van der Waals surface area contributed by atoms with Crippen molar-refractivity contribution < 1.29 is 19.1 Å². The van der Waals surface area contributed by atoms with Crippen molar-refractivity contribution in [1.29, 1.82) is 0 Å². The minimum Gasteiger partial charge on any atom is -0.495 e. The van der Waals surface area contributed by atoms with E-state index in [9.17, 15) is 9.59 Å². The van der Waals surface area contributed by atoms with E-state index in [-0.39, 0.29) is 6.10 Å². The monoisotopic (exact) mass is 426 g/mol. The molecule has 1 aromatic rings. The second-order valence-corrected chi connectivity index (χ2v) is 8.22. The Morgan fingerprint density at radius 1 is 1.25 bits per heavy atom. The number of rotatable bonds is 4. The first kappa shape index (κ1) is 20.8. The lowest BCUT2D eigenvalue weighted by Gasteiger charge is -2.32. The summed E-state index contributed by atoms with van der Waals surface area (Å²) < 4.78 is 11.2. The molecule has 1 aliphatic carbocycles. The van der Waals surface area contributed by atoms with E-state index in [2.05, 4.69) is 17.6 Å². The van der Waals surface area contributed by atoms with Crippen LogP contribution >= 0.6 is 23.2 Å². The number of ether oxygens (including phenoxy) is 2. The number of benzene rings is 1. The van der Waals surface area contributed by atoms with Crippen molar-refractivity contribution in [3.05, 3.63) is 39.0 Å². The first-order valence-corrected chi connectivity index (χ1v) is 10.1. The Morgan fingerprint density at radius 3 is 2.68 bits per heavy atom. The van der Waals surface area contributed by atoms with E-state index in [1.54, 1.807) is 19.1 Å². The van der Waals surface area contributed by atoms with Crippen molar-refractivity contribution in [2.24, 2.45) is 5.92 Å². The average molecular weight is 427 g/mol. The molecular weight excluding hydrogens is 403 g/mol. The molecule has 28 heavy (non-hydrogen) atoms. The smallest absolute Gasteiger partial charge is 0.338 e. The quantitative estimate of drug-likeness (QED) is 0.680. The van der Waals surface area contributed by atoms with Crippen LogP contribution in [0.15, 0.2) is 23.4 Å². The predicted molar refractivity (Wildman–Crippen MR) is 108 cm³/mol. The molecule has 1 saturated carbocycles. The number of amides is 2. The van der Waals surface area contributed by atoms with Crippen molar-refractivity contribution in [1.82, 2.24) is 10.6 Å². The maximum atomic E-state index is 13.1. The maximum absolute atomic E-state index is 13.1. The number of carbonyl (C=O) groups excluding carboxylic acids is 2. The van der Waals surface area contributed by atoms with Crippen molar-refractivity contribution in [2.75, 3.05) is 7.11 Å². The fourth-order valence-corrected chi connectivity index (χ4v) is 4.49. The van der Waals surface area contributed by atoms with Gasteiger partial charge in [0.1, 0.15) is 11.9 Å². The number of halogens is 2. The SMILES string of the molecule is COc1c(Cl)cc(Cl)cc1[C@H]1NC(=O)NC(C)=C1C(=O)O[C@H]1CCC[C@@H](C)C1. The first-order valence-electron chi connectivity index (χ1n) is 9.32. The van der Waals surface area contributed by atoms with Crippen LogP contribution in [0.5, 0.6) is 5.75 Å². The van der Waals surface area contributed by atoms with E-state index in [4.69, 9.17) is 32.7 Å². The number of carbonyl (C=O) groups is 2. The third-order valence-electron chi connectivity index (χ3n) is 5.20. The van der Waals surface area contributed by atoms with Crippen LogP contribution in [0.4, 0.5) is 4.79 Å². The summed E-state index contributed by atoms with van der Waals surface area (Å²) in [6.45, 7) is 3.83. The number of allylic oxidation sites excluding steroid dienone is 1. The molecular formula is C20H24Cl2N2O4. The molecule has 0 radical (unpaired) electrons. The lowest BCUT2D eigenvalue weighted by Crippen LogP contribution is -2.45. The van der Waals surface area contributed by atoms with Gasteiger partial charge in [-0.1, -0.05) is 36.5 Å². The second-order valence-electron chi connectivity index (χ2n) is 7.38. The summed E-state index contributed by atoms with van der Waals surface area (Å²) in [6.07, 6.45) is 3.75. The summed E-state index contributed by atoms with van der Waals surface area (Å²) in [7, 11) is 1.47. The van der Waals surface area contributed by atoms with Crippen LogP contribution in [-0.4, -0.2) is 25.2 Å². The molecule has 3 atom stereocenters. The zero-order valence-corrected chi connectivity index (χ0v) is 17.6. The van der Waals surface area contributed by atoms with Gasteiger partial charge in [-0.25, -0.2) is 9.59 Å². The Hall–Kier alpha value is -1.92. The number of methoxy groups -OCH3 is 1. The van der Waals surface area contributed by atoms with Crippen LogP contribution in [0.2, 0.25) is 10.0 Å². The summed E-state index contributed by atoms with van der Waals surface area (Å²) in [5.41, 5.74) is 1.24. The lowest BCUT2D eigenvalue weighted by molar-refractivity contribution is -0.146. The molecule has 0 saturated heterocycles. The highest BCUT2D eigenvalue weighted by Gasteiger charge is 2.36. The fourth-order valence-electron chi connectivity index (χ4n) is 3.91. The average Bonchev–Trinajstić information content (AvgIpc) is 2.60. The number of hydrogen-bond donors (Lipinski definition) is 2. The Balaban J connectivity index is 1.96. The summed E-state index contributed by atoms with van der Waals surface area (Å²) in [5, 5.41) is 6.08. The van der Waals surface area contributed by atoms with Gasteiger partial charge < -0.3 is 20.1 Å². The molecule has 0 spiro atoms. The van der Waals surface area contributed by atoms with Gasteiger partial charge in [0.05, 0.1) is 23.7 Å². The lowest BCUT2D eigenvalue weighted by atomic mass is 9.88. The molecule has 2 N–H and O–H groups in total. The van der Waals surface area contributed by atoms with Crippen LogP contribution in [0.1, 0.15) is 51.1 Å². The standard InChI is InChI=1S/C20H24Cl2N2O4/c1-10-5-4-6-13(7-10)28-19(25)16-11(2)23-20(26)24-17(16)14-8-12(21)9-15(22)18(14)27-3/h8-10,13,17H,4-7H2,1-3H3,(H2,23,24,26)/t10-,13+,17-/m1/s1. The van der Waals surface area contributed by atoms with Gasteiger partial charge in [0, 0.05) is 16.3 Å². The fraction of sp³-hybridized carbons (Fsp3) is 0.500. The van der Waals surface area contributed by atoms with E-state index in [1.807, 2.05) is 0 Å². The minimum atomic E-state index is -0.784. The van der Waals surface area contributed by atoms with Gasteiger partial charge in [-0.15, -0.1) is 0 Å². The molecule has 6 nitrogen and oxygen atoms in total. The molecule has 2 amide bonds. The minimum absolute atomic E-state index is 0.125. The van der Waals surface area contributed by atoms with Gasteiger partial charge in [0.25, 0.3) is 0 Å². The van der Waals surface area contributed by atoms with Gasteiger partial charge >= 0.3 is 12.0 Å². The van der Waals surface area contributed by atoms with E-state index in [0.717, 1.165) is 25.7 Å². The Bertz CT molecular complexity index is 825. The molecule has 1 aromatic carbocycles. The second kappa shape index (κ2) is 8.62. The van der Waals surface area contributed by atoms with Crippen molar-refractivity contribution in [3.8, 4) is 5.75 Å². The molecule has 1 aliphatic heterocycles. The van der Waals surface area contributed by atoms with Gasteiger partial charge in [0.2, 0.25) is 0 Å². The summed E-state index contributed by atoms with van der Waals surface area (Å²) in [5.74, 6) is 0.406. The molecule has 0 bridgehead atoms. The largest absolute Gasteiger partial charge is 0.495 e. The molecule has 3 rings (SSSR count). The number of nitrogens with one attached hydrogen (secondary N) is 2. The normalized spacial score (nSPS) is 25.0. The topological polar surface area (TPSA) is 76.7 Å². The van der Waals surface area contributed by atoms with Gasteiger partial charge in [-0.3, -0.25) is 0 Å². The third kappa shape index (κ3) is 4.39. The van der Waals surface area contributed by atoms with E-state index >= 15 is 0 Å². The number of hydrogen-bond acceptors (Lipinski definition) is 4. The zero-order valence-electron chi connectivity index (χ0n) is 16.1. The number of esters is 1. The molecule has 1 heterocycles. The van der Waals surface area contributed by atoms with Crippen LogP contribution < -0.4 is 15.4 Å². The van der Waals surface area contributed by atoms with Gasteiger partial charge in [-0.05, 0) is 44.2 Å². The number of urea groups is 1. The molecule has 1 fully saturated rings. The highest BCUT2D eigenvalue weighted by atomic mass is 35.5. The van der Waals surface area contributed by atoms with Crippen LogP contribution in [0, 0.1) is 5.92 Å². The van der Waals surface area contributed by atoms with Crippen molar-refractivity contribution in [2.45, 2.75) is 51.7 Å². The summed E-state index contributed by atoms with van der Waals surface area (Å²) in [4.78, 5) is 25.2. The van der Waals surface area contributed by atoms with E-state index in [1.165, 1.54) is 7.11 Å². The van der Waals surface area contributed by atoms with Crippen molar-refractivity contribution >= 4 is 35.2 Å². The molecule has 0 unspecified atom stereocenters.